The zero-order valence-electron chi connectivity index (χ0n) is 14.1. The average molecular weight is 349 g/mol. The van der Waals surface area contributed by atoms with Crippen LogP contribution in [0.3, 0.4) is 0 Å². The number of amides is 2. The monoisotopic (exact) mass is 349 g/mol. The Morgan fingerprint density at radius 3 is 2.62 bits per heavy atom. The lowest BCUT2D eigenvalue weighted by atomic mass is 10.2. The highest BCUT2D eigenvalue weighted by molar-refractivity contribution is 6.00. The van der Waals surface area contributed by atoms with Crippen molar-refractivity contribution >= 4 is 28.5 Å². The van der Waals surface area contributed by atoms with Gasteiger partial charge in [-0.05, 0) is 53.2 Å². The van der Waals surface area contributed by atoms with Crippen LogP contribution in [0.5, 0.6) is 0 Å². The van der Waals surface area contributed by atoms with Gasteiger partial charge in [-0.2, -0.15) is 0 Å². The van der Waals surface area contributed by atoms with E-state index in [0.717, 1.165) is 11.3 Å². The third-order valence-electron chi connectivity index (χ3n) is 3.82. The summed E-state index contributed by atoms with van der Waals surface area (Å²) in [6.07, 6.45) is 1.50. The summed E-state index contributed by atoms with van der Waals surface area (Å²) in [5.74, 6) is 0.580. The molecule has 0 saturated heterocycles. The molecule has 0 aliphatic carbocycles. The maximum Gasteiger partial charge on any atom is 0.323 e. The van der Waals surface area contributed by atoms with Gasteiger partial charge in [-0.15, -0.1) is 5.10 Å². The quantitative estimate of drug-likeness (QED) is 0.588. The molecule has 2 heterocycles. The molecule has 2 amide bonds. The number of nitrogens with one attached hydrogen (secondary N) is 2. The van der Waals surface area contributed by atoms with E-state index in [9.17, 15) is 4.79 Å². The van der Waals surface area contributed by atoms with Crippen LogP contribution in [0.25, 0.3) is 16.8 Å². The van der Waals surface area contributed by atoms with E-state index in [0.29, 0.717) is 28.4 Å². The van der Waals surface area contributed by atoms with Gasteiger partial charge < -0.3 is 15.1 Å². The van der Waals surface area contributed by atoms with Crippen LogP contribution in [0.15, 0.2) is 47.1 Å². The van der Waals surface area contributed by atoms with E-state index in [-0.39, 0.29) is 6.03 Å². The Morgan fingerprint density at radius 2 is 1.85 bits per heavy atom. The van der Waals surface area contributed by atoms with E-state index in [1.807, 2.05) is 19.1 Å². The van der Waals surface area contributed by atoms with Crippen LogP contribution in [0.2, 0.25) is 0 Å². The maximum absolute atomic E-state index is 12.3. The zero-order chi connectivity index (χ0) is 18.1. The van der Waals surface area contributed by atoms with E-state index < -0.39 is 0 Å². The SMILES string of the molecule is Cc1nc2cc(NC(=O)Nc3ccc(C)c(-n4cnnn4)c3)ccc2o1. The molecule has 9 heteroatoms. The Hall–Kier alpha value is -3.75. The van der Waals surface area contributed by atoms with Crippen LogP contribution in [-0.2, 0) is 0 Å². The molecular weight excluding hydrogens is 334 g/mol. The van der Waals surface area contributed by atoms with Gasteiger partial charge in [0.1, 0.15) is 11.8 Å². The molecule has 2 aromatic carbocycles. The van der Waals surface area contributed by atoms with Crippen molar-refractivity contribution in [2.24, 2.45) is 0 Å². The molecule has 2 N–H and O–H groups in total. The minimum Gasteiger partial charge on any atom is -0.441 e. The number of urea groups is 1. The number of carbonyl (C=O) groups is 1. The van der Waals surface area contributed by atoms with Crippen LogP contribution in [0.1, 0.15) is 11.5 Å². The Morgan fingerprint density at radius 1 is 1.08 bits per heavy atom. The summed E-state index contributed by atoms with van der Waals surface area (Å²) in [6, 6.07) is 10.4. The number of nitrogens with zero attached hydrogens (tertiary/aromatic N) is 5. The summed E-state index contributed by atoms with van der Waals surface area (Å²) in [4.78, 5) is 16.5. The maximum atomic E-state index is 12.3. The highest BCUT2D eigenvalue weighted by Crippen LogP contribution is 2.21. The molecular formula is C17H15N7O2. The number of fused-ring (bicyclic) bond motifs is 1. The van der Waals surface area contributed by atoms with Gasteiger partial charge in [-0.1, -0.05) is 6.07 Å². The summed E-state index contributed by atoms with van der Waals surface area (Å²) in [5.41, 5.74) is 4.38. The van der Waals surface area contributed by atoms with Crippen molar-refractivity contribution in [3.63, 3.8) is 0 Å². The number of rotatable bonds is 3. The Labute approximate surface area is 148 Å². The smallest absolute Gasteiger partial charge is 0.323 e. The highest BCUT2D eigenvalue weighted by Gasteiger charge is 2.09. The first-order valence-corrected chi connectivity index (χ1v) is 7.88. The number of oxazole rings is 1. The second kappa shape index (κ2) is 6.28. The van der Waals surface area contributed by atoms with E-state index in [1.165, 1.54) is 6.33 Å². The zero-order valence-corrected chi connectivity index (χ0v) is 14.1. The molecule has 0 aliphatic heterocycles. The first-order valence-electron chi connectivity index (χ1n) is 7.88. The number of carbonyl (C=O) groups excluding carboxylic acids is 1. The van der Waals surface area contributed by atoms with E-state index >= 15 is 0 Å². The second-order valence-corrected chi connectivity index (χ2v) is 5.75. The molecule has 9 nitrogen and oxygen atoms in total. The van der Waals surface area contributed by atoms with Crippen LogP contribution < -0.4 is 10.6 Å². The molecule has 2 aromatic heterocycles. The van der Waals surface area contributed by atoms with Gasteiger partial charge in [0, 0.05) is 18.3 Å². The first kappa shape index (κ1) is 15.8. The number of benzene rings is 2. The fraction of sp³-hybridized carbons (Fsp3) is 0.118. The molecule has 0 bridgehead atoms. The summed E-state index contributed by atoms with van der Waals surface area (Å²) in [5, 5.41) is 16.7. The minimum absolute atomic E-state index is 0.365. The van der Waals surface area contributed by atoms with Crippen molar-refractivity contribution in [3.05, 3.63) is 54.2 Å². The molecule has 0 radical (unpaired) electrons. The fourth-order valence-electron chi connectivity index (χ4n) is 2.62. The fourth-order valence-corrected chi connectivity index (χ4v) is 2.62. The van der Waals surface area contributed by atoms with Gasteiger partial charge in [-0.3, -0.25) is 0 Å². The van der Waals surface area contributed by atoms with Crippen molar-refractivity contribution in [2.45, 2.75) is 13.8 Å². The normalized spacial score (nSPS) is 10.8. The molecule has 0 spiro atoms. The van der Waals surface area contributed by atoms with Crippen molar-refractivity contribution < 1.29 is 9.21 Å². The number of hydrogen-bond acceptors (Lipinski definition) is 6. The molecule has 0 saturated carbocycles. The molecule has 0 unspecified atom stereocenters. The largest absolute Gasteiger partial charge is 0.441 e. The van der Waals surface area contributed by atoms with Crippen LogP contribution in [0.4, 0.5) is 16.2 Å². The van der Waals surface area contributed by atoms with Gasteiger partial charge in [0.05, 0.1) is 5.69 Å². The number of hydrogen-bond donors (Lipinski definition) is 2. The second-order valence-electron chi connectivity index (χ2n) is 5.75. The number of aryl methyl sites for hydroxylation is 2. The lowest BCUT2D eigenvalue weighted by Crippen LogP contribution is -2.19. The summed E-state index contributed by atoms with van der Waals surface area (Å²) < 4.78 is 6.97. The third kappa shape index (κ3) is 3.09. The van der Waals surface area contributed by atoms with Crippen LogP contribution in [0, 0.1) is 13.8 Å². The van der Waals surface area contributed by atoms with Crippen molar-refractivity contribution in [2.75, 3.05) is 10.6 Å². The third-order valence-corrected chi connectivity index (χ3v) is 3.82. The predicted octanol–water partition coefficient (Wildman–Crippen LogP) is 3.06. The van der Waals surface area contributed by atoms with Crippen molar-refractivity contribution in [1.29, 1.82) is 0 Å². The van der Waals surface area contributed by atoms with Crippen molar-refractivity contribution in [1.82, 2.24) is 25.2 Å². The summed E-state index contributed by atoms with van der Waals surface area (Å²) in [6.45, 7) is 3.72. The number of aromatic nitrogens is 5. The van der Waals surface area contributed by atoms with Crippen LogP contribution in [-0.4, -0.2) is 31.2 Å². The number of anilines is 2. The number of tetrazole rings is 1. The molecule has 0 aliphatic rings. The molecule has 4 rings (SSSR count). The Bertz CT molecular complexity index is 1090. The minimum atomic E-state index is -0.365. The van der Waals surface area contributed by atoms with Crippen LogP contribution >= 0.6 is 0 Å². The summed E-state index contributed by atoms with van der Waals surface area (Å²) >= 11 is 0. The van der Waals surface area contributed by atoms with Gasteiger partial charge in [0.25, 0.3) is 0 Å². The predicted molar refractivity (Wildman–Crippen MR) is 95.3 cm³/mol. The molecule has 0 atom stereocenters. The van der Waals surface area contributed by atoms with E-state index in [2.05, 4.69) is 31.1 Å². The lowest BCUT2D eigenvalue weighted by Gasteiger charge is -2.10. The Balaban J connectivity index is 1.51. The Kier molecular flexibility index (Phi) is 3.81. The summed E-state index contributed by atoms with van der Waals surface area (Å²) in [7, 11) is 0. The van der Waals surface area contributed by atoms with Gasteiger partial charge in [0.15, 0.2) is 11.5 Å². The average Bonchev–Trinajstić information content (AvgIpc) is 3.25. The van der Waals surface area contributed by atoms with Gasteiger partial charge >= 0.3 is 6.03 Å². The highest BCUT2D eigenvalue weighted by atomic mass is 16.3. The van der Waals surface area contributed by atoms with Gasteiger partial charge in [0.2, 0.25) is 0 Å². The lowest BCUT2D eigenvalue weighted by molar-refractivity contribution is 0.262. The topological polar surface area (TPSA) is 111 Å². The van der Waals surface area contributed by atoms with E-state index in [4.69, 9.17) is 4.42 Å². The molecule has 4 aromatic rings. The van der Waals surface area contributed by atoms with Crippen molar-refractivity contribution in [3.8, 4) is 5.69 Å². The molecule has 0 fully saturated rings. The molecule has 26 heavy (non-hydrogen) atoms. The molecule has 130 valence electrons. The first-order chi connectivity index (χ1) is 12.6. The standard InChI is InChI=1S/C17H15N7O2/c1-10-3-4-13(8-15(10)24-9-18-22-23-24)21-17(25)20-12-5-6-16-14(7-12)19-11(2)26-16/h3-9H,1-2H3,(H2,20,21,25). The van der Waals surface area contributed by atoms with Gasteiger partial charge in [-0.25, -0.2) is 14.5 Å². The van der Waals surface area contributed by atoms with E-state index in [1.54, 1.807) is 35.9 Å².